The summed E-state index contributed by atoms with van der Waals surface area (Å²) in [6.07, 6.45) is 3.48. The summed E-state index contributed by atoms with van der Waals surface area (Å²) in [6.45, 7) is 5.30. The Morgan fingerprint density at radius 1 is 0.900 bits per heavy atom. The molecule has 2 aliphatic heterocycles. The Kier molecular flexibility index (Phi) is 6.26. The highest BCUT2D eigenvalue weighted by Crippen LogP contribution is 2.17. The lowest BCUT2D eigenvalue weighted by Gasteiger charge is -2.36. The molecule has 0 atom stereocenters. The van der Waals surface area contributed by atoms with E-state index < -0.39 is 10.0 Å². The van der Waals surface area contributed by atoms with Crippen molar-refractivity contribution in [1.82, 2.24) is 19.2 Å². The van der Waals surface area contributed by atoms with Gasteiger partial charge in [-0.3, -0.25) is 4.79 Å². The van der Waals surface area contributed by atoms with Crippen LogP contribution < -0.4 is 9.80 Å². The number of quaternary nitrogens is 1. The molecule has 160 valence electrons. The van der Waals surface area contributed by atoms with E-state index in [0.29, 0.717) is 37.6 Å². The molecule has 2 saturated heterocycles. The lowest BCUT2D eigenvalue weighted by atomic mass is 10.3. The van der Waals surface area contributed by atoms with E-state index in [0.717, 1.165) is 32.1 Å². The minimum absolute atomic E-state index is 0.0890. The third-order valence-corrected chi connectivity index (χ3v) is 7.59. The number of nitrogens with one attached hydrogen (secondary N) is 1. The first kappa shape index (κ1) is 20.7. The van der Waals surface area contributed by atoms with Crippen LogP contribution in [0.1, 0.15) is 0 Å². The third-order valence-electron chi connectivity index (χ3n) is 5.68. The first-order valence-electron chi connectivity index (χ1n) is 10.2. The molecule has 9 nitrogen and oxygen atoms in total. The Morgan fingerprint density at radius 3 is 2.17 bits per heavy atom. The van der Waals surface area contributed by atoms with Crippen molar-refractivity contribution in [2.45, 2.75) is 4.90 Å². The van der Waals surface area contributed by atoms with Crippen LogP contribution >= 0.6 is 0 Å². The van der Waals surface area contributed by atoms with Crippen LogP contribution in [0.5, 0.6) is 0 Å². The first-order valence-corrected chi connectivity index (χ1v) is 11.7. The summed E-state index contributed by atoms with van der Waals surface area (Å²) < 4.78 is 26.9. The lowest BCUT2D eigenvalue weighted by molar-refractivity contribution is -0.892. The highest BCUT2D eigenvalue weighted by molar-refractivity contribution is 7.89. The van der Waals surface area contributed by atoms with Gasteiger partial charge in [-0.15, -0.1) is 0 Å². The molecule has 2 fully saturated rings. The molecule has 0 radical (unpaired) electrons. The number of nitrogens with zero attached hydrogens (tertiary/aromatic N) is 5. The van der Waals surface area contributed by atoms with Crippen LogP contribution in [-0.2, 0) is 14.8 Å². The number of rotatable bonds is 5. The van der Waals surface area contributed by atoms with E-state index in [1.807, 2.05) is 0 Å². The van der Waals surface area contributed by atoms with Gasteiger partial charge in [-0.05, 0) is 18.2 Å². The molecule has 1 aromatic carbocycles. The van der Waals surface area contributed by atoms with E-state index >= 15 is 0 Å². The number of amides is 1. The Labute approximate surface area is 177 Å². The minimum atomic E-state index is -3.50. The van der Waals surface area contributed by atoms with Crippen molar-refractivity contribution in [1.29, 1.82) is 0 Å². The fourth-order valence-electron chi connectivity index (χ4n) is 3.90. The molecule has 2 aliphatic rings. The average Bonchev–Trinajstić information content (AvgIpc) is 2.81. The number of hydrogen-bond donors (Lipinski definition) is 1. The number of aromatic nitrogens is 2. The molecule has 1 amide bonds. The molecule has 2 aromatic rings. The second-order valence-electron chi connectivity index (χ2n) is 7.56. The van der Waals surface area contributed by atoms with Gasteiger partial charge in [0.2, 0.25) is 16.0 Å². The Balaban J connectivity index is 1.25. The monoisotopic (exact) mass is 431 g/mol. The smallest absolute Gasteiger partial charge is 0.277 e. The van der Waals surface area contributed by atoms with Crippen LogP contribution in [0.25, 0.3) is 0 Å². The van der Waals surface area contributed by atoms with Crippen LogP contribution in [0, 0.1) is 0 Å². The van der Waals surface area contributed by atoms with E-state index in [9.17, 15) is 13.2 Å². The average molecular weight is 432 g/mol. The van der Waals surface area contributed by atoms with Gasteiger partial charge in [-0.1, -0.05) is 18.2 Å². The summed E-state index contributed by atoms with van der Waals surface area (Å²) in [7, 11) is -3.50. The molecule has 0 aliphatic carbocycles. The van der Waals surface area contributed by atoms with Crippen molar-refractivity contribution < 1.29 is 18.1 Å². The molecule has 0 bridgehead atoms. The Hall–Kier alpha value is -2.56. The van der Waals surface area contributed by atoms with Crippen molar-refractivity contribution in [2.24, 2.45) is 0 Å². The highest BCUT2D eigenvalue weighted by Gasteiger charge is 2.32. The third kappa shape index (κ3) is 4.61. The Morgan fingerprint density at radius 2 is 1.53 bits per heavy atom. The summed E-state index contributed by atoms with van der Waals surface area (Å²) in [5.74, 6) is 0.824. The van der Waals surface area contributed by atoms with Gasteiger partial charge >= 0.3 is 0 Å². The SMILES string of the molecule is O=C(C[NH+]1CCN(c2ncccn2)CC1)N1CCN(S(=O)(=O)c2ccccc2)CC1. The standard InChI is InChI=1S/C20H26N6O3S/c27-19(17-23-9-11-25(12-10-23)20-21-7-4-8-22-20)24-13-15-26(16-14-24)30(28,29)18-5-2-1-3-6-18/h1-8H,9-17H2/p+1. The topological polar surface area (TPSA) is 91.2 Å². The van der Waals surface area contributed by atoms with Gasteiger partial charge in [0.15, 0.2) is 6.54 Å². The second kappa shape index (κ2) is 9.07. The summed E-state index contributed by atoms with van der Waals surface area (Å²) in [4.78, 5) is 26.8. The fraction of sp³-hybridized carbons (Fsp3) is 0.450. The van der Waals surface area contributed by atoms with E-state index in [4.69, 9.17) is 0 Å². The molecule has 10 heteroatoms. The predicted octanol–water partition coefficient (Wildman–Crippen LogP) is -1.29. The number of carbonyl (C=O) groups excluding carboxylic acids is 1. The summed E-state index contributed by atoms with van der Waals surface area (Å²) in [5.41, 5.74) is 0. The van der Waals surface area contributed by atoms with Gasteiger partial charge in [0.05, 0.1) is 31.1 Å². The number of benzene rings is 1. The van der Waals surface area contributed by atoms with Crippen molar-refractivity contribution in [2.75, 3.05) is 63.8 Å². The summed E-state index contributed by atoms with van der Waals surface area (Å²) in [6, 6.07) is 10.3. The number of hydrogen-bond acceptors (Lipinski definition) is 6. The van der Waals surface area contributed by atoms with Crippen LogP contribution in [-0.4, -0.2) is 92.4 Å². The van der Waals surface area contributed by atoms with E-state index in [1.54, 1.807) is 53.7 Å². The van der Waals surface area contributed by atoms with Crippen molar-refractivity contribution in [3.05, 3.63) is 48.8 Å². The van der Waals surface area contributed by atoms with Gasteiger partial charge in [-0.25, -0.2) is 18.4 Å². The van der Waals surface area contributed by atoms with E-state index in [-0.39, 0.29) is 5.91 Å². The Bertz CT molecular complexity index is 941. The lowest BCUT2D eigenvalue weighted by Crippen LogP contribution is -3.16. The normalized spacial score (nSPS) is 19.1. The molecule has 4 rings (SSSR count). The second-order valence-corrected chi connectivity index (χ2v) is 9.50. The maximum atomic E-state index is 12.7. The molecular weight excluding hydrogens is 404 g/mol. The number of piperazine rings is 2. The van der Waals surface area contributed by atoms with Crippen LogP contribution in [0.4, 0.5) is 5.95 Å². The first-order chi connectivity index (χ1) is 14.5. The van der Waals surface area contributed by atoms with Gasteiger partial charge in [0, 0.05) is 38.6 Å². The predicted molar refractivity (Wildman–Crippen MR) is 112 cm³/mol. The van der Waals surface area contributed by atoms with Gasteiger partial charge in [0.1, 0.15) is 0 Å². The zero-order chi connectivity index (χ0) is 21.0. The van der Waals surface area contributed by atoms with Gasteiger partial charge in [-0.2, -0.15) is 4.31 Å². The fourth-order valence-corrected chi connectivity index (χ4v) is 5.34. The molecule has 3 heterocycles. The maximum absolute atomic E-state index is 12.7. The van der Waals surface area contributed by atoms with Crippen LogP contribution in [0.3, 0.4) is 0 Å². The quantitative estimate of drug-likeness (QED) is 0.634. The van der Waals surface area contributed by atoms with Crippen molar-refractivity contribution >= 4 is 21.9 Å². The molecule has 0 unspecified atom stereocenters. The van der Waals surface area contributed by atoms with Crippen molar-refractivity contribution in [3.63, 3.8) is 0 Å². The van der Waals surface area contributed by atoms with E-state index in [1.165, 1.54) is 9.21 Å². The number of carbonyl (C=O) groups is 1. The van der Waals surface area contributed by atoms with Crippen LogP contribution in [0.2, 0.25) is 0 Å². The molecular formula is C20H27N6O3S+. The zero-order valence-electron chi connectivity index (χ0n) is 16.9. The van der Waals surface area contributed by atoms with Gasteiger partial charge in [0.25, 0.3) is 5.91 Å². The molecule has 0 saturated carbocycles. The number of sulfonamides is 1. The van der Waals surface area contributed by atoms with Crippen LogP contribution in [0.15, 0.2) is 53.7 Å². The van der Waals surface area contributed by atoms with Crippen molar-refractivity contribution in [3.8, 4) is 0 Å². The van der Waals surface area contributed by atoms with Gasteiger partial charge < -0.3 is 14.7 Å². The molecule has 30 heavy (non-hydrogen) atoms. The maximum Gasteiger partial charge on any atom is 0.277 e. The molecule has 1 N–H and O–H groups in total. The molecule has 1 aromatic heterocycles. The van der Waals surface area contributed by atoms with E-state index in [2.05, 4.69) is 14.9 Å². The molecule has 0 spiro atoms. The zero-order valence-corrected chi connectivity index (χ0v) is 17.7. The number of anilines is 1. The summed E-state index contributed by atoms with van der Waals surface area (Å²) in [5, 5.41) is 0. The summed E-state index contributed by atoms with van der Waals surface area (Å²) >= 11 is 0. The minimum Gasteiger partial charge on any atom is -0.335 e. The largest absolute Gasteiger partial charge is 0.335 e. The highest BCUT2D eigenvalue weighted by atomic mass is 32.2.